The van der Waals surface area contributed by atoms with Crippen LogP contribution in [0.15, 0.2) is 42.5 Å². The van der Waals surface area contributed by atoms with Crippen LogP contribution < -0.4 is 20.1 Å². The van der Waals surface area contributed by atoms with Gasteiger partial charge in [-0.25, -0.2) is 4.39 Å². The fourth-order valence-corrected chi connectivity index (χ4v) is 3.59. The number of para-hydroxylation sites is 1. The molecule has 1 unspecified atom stereocenters. The molecule has 0 amide bonds. The Bertz CT molecular complexity index is 715. The fourth-order valence-electron chi connectivity index (χ4n) is 3.59. The highest BCUT2D eigenvalue weighted by molar-refractivity contribution is 5.49. The molecule has 5 nitrogen and oxygen atoms in total. The summed E-state index contributed by atoms with van der Waals surface area (Å²) >= 11 is 0. The Morgan fingerprint density at radius 3 is 2.27 bits per heavy atom. The summed E-state index contributed by atoms with van der Waals surface area (Å²) in [5.41, 5.74) is 8.22. The van der Waals surface area contributed by atoms with Crippen molar-refractivity contribution in [2.75, 3.05) is 51.8 Å². The summed E-state index contributed by atoms with van der Waals surface area (Å²) < 4.78 is 24.1. The summed E-state index contributed by atoms with van der Waals surface area (Å²) in [6.45, 7) is 3.99. The van der Waals surface area contributed by atoms with E-state index in [2.05, 4.69) is 9.80 Å². The van der Waals surface area contributed by atoms with Gasteiger partial charge in [0.1, 0.15) is 5.82 Å². The number of hydrogen-bond acceptors (Lipinski definition) is 5. The van der Waals surface area contributed by atoms with Gasteiger partial charge in [-0.3, -0.25) is 4.90 Å². The highest BCUT2D eigenvalue weighted by Gasteiger charge is 2.27. The second-order valence-electron chi connectivity index (χ2n) is 6.33. The van der Waals surface area contributed by atoms with Crippen LogP contribution in [0.1, 0.15) is 11.6 Å². The Hall–Kier alpha value is -2.31. The summed E-state index contributed by atoms with van der Waals surface area (Å²) in [5, 5.41) is 0. The molecule has 0 radical (unpaired) electrons. The lowest BCUT2D eigenvalue weighted by Crippen LogP contribution is -2.49. The highest BCUT2D eigenvalue weighted by Crippen LogP contribution is 2.37. The maximum Gasteiger partial charge on any atom is 0.165 e. The Balaban J connectivity index is 1.74. The van der Waals surface area contributed by atoms with Gasteiger partial charge in [0.15, 0.2) is 11.5 Å². The summed E-state index contributed by atoms with van der Waals surface area (Å²) in [6, 6.07) is 12.6. The van der Waals surface area contributed by atoms with E-state index in [1.54, 1.807) is 14.2 Å². The molecule has 1 atom stereocenters. The first-order valence-corrected chi connectivity index (χ1v) is 8.83. The largest absolute Gasteiger partial charge is 0.493 e. The molecule has 0 saturated carbocycles. The molecule has 2 aromatic carbocycles. The first-order chi connectivity index (χ1) is 12.7. The summed E-state index contributed by atoms with van der Waals surface area (Å²) in [7, 11) is 3.29. The smallest absolute Gasteiger partial charge is 0.165 e. The zero-order valence-electron chi connectivity index (χ0n) is 15.3. The van der Waals surface area contributed by atoms with Crippen LogP contribution >= 0.6 is 0 Å². The third kappa shape index (κ3) is 3.76. The number of nitrogens with two attached hydrogens (primary N) is 1. The van der Waals surface area contributed by atoms with E-state index in [-0.39, 0.29) is 11.9 Å². The zero-order valence-corrected chi connectivity index (χ0v) is 15.3. The molecule has 2 N–H and O–H groups in total. The van der Waals surface area contributed by atoms with Crippen molar-refractivity contribution in [2.24, 2.45) is 5.73 Å². The molecule has 2 aromatic rings. The van der Waals surface area contributed by atoms with E-state index in [1.807, 2.05) is 30.3 Å². The van der Waals surface area contributed by atoms with Crippen molar-refractivity contribution in [1.29, 1.82) is 0 Å². The number of nitrogens with zero attached hydrogens (tertiary/aromatic N) is 2. The molecule has 1 aliphatic rings. The van der Waals surface area contributed by atoms with Gasteiger partial charge in [-0.05, 0) is 30.3 Å². The van der Waals surface area contributed by atoms with Crippen LogP contribution in [0.5, 0.6) is 11.5 Å². The minimum Gasteiger partial charge on any atom is -0.493 e. The SMILES string of the molecule is COc1cccc(C(CN)N2CCN(c3ccc(F)cc3)CC2)c1OC. The molecule has 0 aliphatic carbocycles. The van der Waals surface area contributed by atoms with E-state index in [0.29, 0.717) is 12.3 Å². The minimum absolute atomic E-state index is 0.0652. The molecule has 1 saturated heterocycles. The Kier molecular flexibility index (Phi) is 5.96. The molecular weight excluding hydrogens is 333 g/mol. The first-order valence-electron chi connectivity index (χ1n) is 8.83. The van der Waals surface area contributed by atoms with Crippen LogP contribution in [0.3, 0.4) is 0 Å². The standard InChI is InChI=1S/C20H26FN3O2/c1-25-19-5-3-4-17(20(19)26-2)18(14-22)24-12-10-23(11-13-24)16-8-6-15(21)7-9-16/h3-9,18H,10-14,22H2,1-2H3. The van der Waals surface area contributed by atoms with E-state index < -0.39 is 0 Å². The number of methoxy groups -OCH3 is 2. The van der Waals surface area contributed by atoms with E-state index in [1.165, 1.54) is 12.1 Å². The summed E-state index contributed by atoms with van der Waals surface area (Å²) in [6.07, 6.45) is 0. The number of piperazine rings is 1. The molecule has 1 heterocycles. The maximum absolute atomic E-state index is 13.1. The Morgan fingerprint density at radius 2 is 1.69 bits per heavy atom. The quantitative estimate of drug-likeness (QED) is 0.859. The lowest BCUT2D eigenvalue weighted by molar-refractivity contribution is 0.186. The molecule has 3 rings (SSSR count). The van der Waals surface area contributed by atoms with Gasteiger partial charge < -0.3 is 20.1 Å². The predicted octanol–water partition coefficient (Wildman–Crippen LogP) is 2.66. The fraction of sp³-hybridized carbons (Fsp3) is 0.400. The topological polar surface area (TPSA) is 51.0 Å². The lowest BCUT2D eigenvalue weighted by atomic mass is 10.0. The van der Waals surface area contributed by atoms with Gasteiger partial charge in [0, 0.05) is 44.0 Å². The molecule has 26 heavy (non-hydrogen) atoms. The van der Waals surface area contributed by atoms with Crippen molar-refractivity contribution in [3.8, 4) is 11.5 Å². The van der Waals surface area contributed by atoms with Crippen LogP contribution in [0, 0.1) is 5.82 Å². The summed E-state index contributed by atoms with van der Waals surface area (Å²) in [5.74, 6) is 1.25. The average molecular weight is 359 g/mol. The van der Waals surface area contributed by atoms with Crippen molar-refractivity contribution in [1.82, 2.24) is 4.90 Å². The maximum atomic E-state index is 13.1. The number of ether oxygens (including phenoxy) is 2. The van der Waals surface area contributed by atoms with Crippen molar-refractivity contribution in [3.05, 3.63) is 53.8 Å². The van der Waals surface area contributed by atoms with Gasteiger partial charge in [-0.15, -0.1) is 0 Å². The van der Waals surface area contributed by atoms with Crippen molar-refractivity contribution >= 4 is 5.69 Å². The van der Waals surface area contributed by atoms with Gasteiger partial charge in [-0.2, -0.15) is 0 Å². The molecule has 0 aromatic heterocycles. The van der Waals surface area contributed by atoms with Crippen molar-refractivity contribution < 1.29 is 13.9 Å². The number of hydrogen-bond donors (Lipinski definition) is 1. The van der Waals surface area contributed by atoms with Crippen molar-refractivity contribution in [3.63, 3.8) is 0 Å². The predicted molar refractivity (Wildman–Crippen MR) is 102 cm³/mol. The minimum atomic E-state index is -0.208. The third-order valence-corrected chi connectivity index (χ3v) is 4.96. The van der Waals surface area contributed by atoms with Crippen LogP contribution in [0.4, 0.5) is 10.1 Å². The molecule has 1 aliphatic heterocycles. The van der Waals surface area contributed by atoms with Gasteiger partial charge in [0.25, 0.3) is 0 Å². The van der Waals surface area contributed by atoms with E-state index >= 15 is 0 Å². The lowest BCUT2D eigenvalue weighted by Gasteiger charge is -2.40. The molecule has 140 valence electrons. The molecule has 0 spiro atoms. The van der Waals surface area contributed by atoms with Crippen LogP contribution in [-0.4, -0.2) is 51.8 Å². The van der Waals surface area contributed by atoms with Crippen LogP contribution in [0.25, 0.3) is 0 Å². The van der Waals surface area contributed by atoms with Gasteiger partial charge in [0.05, 0.1) is 20.3 Å². The number of halogens is 1. The molecular formula is C20H26FN3O2. The Labute approximate surface area is 154 Å². The second-order valence-corrected chi connectivity index (χ2v) is 6.33. The van der Waals surface area contributed by atoms with Gasteiger partial charge >= 0.3 is 0 Å². The number of anilines is 1. The van der Waals surface area contributed by atoms with Gasteiger partial charge in [0.2, 0.25) is 0 Å². The monoisotopic (exact) mass is 359 g/mol. The Morgan fingerprint density at radius 1 is 1.00 bits per heavy atom. The molecule has 0 bridgehead atoms. The summed E-state index contributed by atoms with van der Waals surface area (Å²) in [4.78, 5) is 4.64. The molecule has 1 fully saturated rings. The molecule has 6 heteroatoms. The number of benzene rings is 2. The normalized spacial score (nSPS) is 16.4. The third-order valence-electron chi connectivity index (χ3n) is 4.96. The van der Waals surface area contributed by atoms with Crippen molar-refractivity contribution in [2.45, 2.75) is 6.04 Å². The van der Waals surface area contributed by atoms with E-state index in [9.17, 15) is 4.39 Å². The van der Waals surface area contributed by atoms with E-state index in [4.69, 9.17) is 15.2 Å². The highest BCUT2D eigenvalue weighted by atomic mass is 19.1. The van der Waals surface area contributed by atoms with Gasteiger partial charge in [-0.1, -0.05) is 12.1 Å². The number of rotatable bonds is 6. The van der Waals surface area contributed by atoms with Crippen LogP contribution in [0.2, 0.25) is 0 Å². The first kappa shape index (κ1) is 18.5. The van der Waals surface area contributed by atoms with Crippen LogP contribution in [-0.2, 0) is 0 Å². The zero-order chi connectivity index (χ0) is 18.5. The van der Waals surface area contributed by atoms with E-state index in [0.717, 1.165) is 43.2 Å². The average Bonchev–Trinajstić information content (AvgIpc) is 2.69. The second kappa shape index (κ2) is 8.38.